The van der Waals surface area contributed by atoms with Crippen molar-refractivity contribution in [3.63, 3.8) is 0 Å². The fraction of sp³-hybridized carbons (Fsp3) is 0.600. The van der Waals surface area contributed by atoms with Crippen LogP contribution in [0.25, 0.3) is 0 Å². The lowest BCUT2D eigenvalue weighted by atomic mass is 10.1. The first-order chi connectivity index (χ1) is 8.58. The van der Waals surface area contributed by atoms with Crippen LogP contribution in [0.3, 0.4) is 0 Å². The largest absolute Gasteiger partial charge is 0.372 e. The summed E-state index contributed by atoms with van der Waals surface area (Å²) < 4.78 is 5.90. The van der Waals surface area contributed by atoms with Crippen molar-refractivity contribution in [2.45, 2.75) is 38.9 Å². The summed E-state index contributed by atoms with van der Waals surface area (Å²) in [5.74, 6) is 0. The molecule has 1 saturated heterocycles. The molecule has 0 spiro atoms. The summed E-state index contributed by atoms with van der Waals surface area (Å²) in [5, 5.41) is 0. The van der Waals surface area contributed by atoms with Crippen molar-refractivity contribution in [1.82, 2.24) is 0 Å². The Morgan fingerprint density at radius 2 is 1.78 bits per heavy atom. The van der Waals surface area contributed by atoms with Crippen LogP contribution in [0.2, 0.25) is 0 Å². The highest BCUT2D eigenvalue weighted by Crippen LogP contribution is 2.23. The monoisotopic (exact) mass is 248 g/mol. The van der Waals surface area contributed by atoms with Crippen molar-refractivity contribution >= 4 is 5.69 Å². The van der Waals surface area contributed by atoms with E-state index in [-0.39, 0.29) is 6.10 Å². The molecule has 18 heavy (non-hydrogen) atoms. The molecule has 1 aromatic carbocycles. The molecule has 0 amide bonds. The van der Waals surface area contributed by atoms with Gasteiger partial charge in [-0.2, -0.15) is 0 Å². The zero-order chi connectivity index (χ0) is 13.1. The van der Waals surface area contributed by atoms with Gasteiger partial charge in [-0.15, -0.1) is 0 Å². The molecule has 3 nitrogen and oxygen atoms in total. The summed E-state index contributed by atoms with van der Waals surface area (Å²) in [7, 11) is 2.13. The van der Waals surface area contributed by atoms with Gasteiger partial charge in [0.2, 0.25) is 0 Å². The molecule has 1 aliphatic rings. The Kier molecular flexibility index (Phi) is 4.25. The summed E-state index contributed by atoms with van der Waals surface area (Å²) >= 11 is 0. The summed E-state index contributed by atoms with van der Waals surface area (Å²) in [4.78, 5) is 2.28. The Balaban J connectivity index is 1.97. The van der Waals surface area contributed by atoms with Gasteiger partial charge in [0.25, 0.3) is 0 Å². The van der Waals surface area contributed by atoms with Crippen LogP contribution in [0.5, 0.6) is 0 Å². The van der Waals surface area contributed by atoms with Crippen molar-refractivity contribution in [3.05, 3.63) is 29.3 Å². The molecule has 100 valence electrons. The van der Waals surface area contributed by atoms with Crippen LogP contribution in [-0.2, 0) is 4.74 Å². The van der Waals surface area contributed by atoms with E-state index in [1.54, 1.807) is 0 Å². The number of ether oxygens (including phenoxy) is 1. The molecule has 1 heterocycles. The molecule has 2 atom stereocenters. The van der Waals surface area contributed by atoms with Gasteiger partial charge in [0.15, 0.2) is 0 Å². The number of nitrogens with two attached hydrogens (primary N) is 1. The Bertz CT molecular complexity index is 385. The van der Waals surface area contributed by atoms with E-state index in [1.807, 2.05) is 0 Å². The van der Waals surface area contributed by atoms with Gasteiger partial charge in [-0.1, -0.05) is 6.07 Å². The van der Waals surface area contributed by atoms with Gasteiger partial charge in [-0.3, -0.25) is 0 Å². The molecule has 1 aliphatic heterocycles. The second-order valence-corrected chi connectivity index (χ2v) is 5.42. The Morgan fingerprint density at radius 3 is 2.33 bits per heavy atom. The summed E-state index contributed by atoms with van der Waals surface area (Å²) in [6.07, 6.45) is 2.81. The maximum Gasteiger partial charge on any atom is 0.0755 e. The summed E-state index contributed by atoms with van der Waals surface area (Å²) in [6, 6.07) is 6.65. The van der Waals surface area contributed by atoms with Gasteiger partial charge in [0.1, 0.15) is 0 Å². The van der Waals surface area contributed by atoms with E-state index in [0.29, 0.717) is 12.6 Å². The highest BCUT2D eigenvalue weighted by atomic mass is 16.5. The van der Waals surface area contributed by atoms with Crippen LogP contribution in [0.15, 0.2) is 18.2 Å². The van der Waals surface area contributed by atoms with E-state index in [4.69, 9.17) is 10.5 Å². The molecule has 0 aromatic heterocycles. The third-order valence-corrected chi connectivity index (χ3v) is 3.58. The molecule has 2 N–H and O–H groups in total. The second-order valence-electron chi connectivity index (χ2n) is 5.42. The van der Waals surface area contributed by atoms with E-state index in [0.717, 1.165) is 19.4 Å². The van der Waals surface area contributed by atoms with Gasteiger partial charge in [0.05, 0.1) is 12.2 Å². The number of hydrogen-bond donors (Lipinski definition) is 1. The lowest BCUT2D eigenvalue weighted by Gasteiger charge is -2.24. The maximum atomic E-state index is 5.90. The van der Waals surface area contributed by atoms with Crippen molar-refractivity contribution in [2.24, 2.45) is 5.73 Å². The van der Waals surface area contributed by atoms with Crippen LogP contribution in [0, 0.1) is 13.8 Å². The van der Waals surface area contributed by atoms with E-state index in [9.17, 15) is 0 Å². The third kappa shape index (κ3) is 3.24. The molecule has 0 radical (unpaired) electrons. The van der Waals surface area contributed by atoms with E-state index in [1.165, 1.54) is 16.8 Å². The van der Waals surface area contributed by atoms with Crippen molar-refractivity contribution in [2.75, 3.05) is 25.0 Å². The number of anilines is 1. The zero-order valence-corrected chi connectivity index (χ0v) is 11.6. The molecule has 0 bridgehead atoms. The minimum absolute atomic E-state index is 0.266. The molecule has 2 rings (SSSR count). The average Bonchev–Trinajstić information content (AvgIpc) is 2.75. The SMILES string of the molecule is Cc1cc(C)cc(N(C)CC2CCC(CN)O2)c1. The van der Waals surface area contributed by atoms with E-state index < -0.39 is 0 Å². The van der Waals surface area contributed by atoms with Crippen molar-refractivity contribution < 1.29 is 4.74 Å². The van der Waals surface area contributed by atoms with E-state index >= 15 is 0 Å². The molecule has 2 unspecified atom stereocenters. The quantitative estimate of drug-likeness (QED) is 0.888. The molecule has 1 aromatic rings. The predicted molar refractivity (Wildman–Crippen MR) is 76.1 cm³/mol. The highest BCUT2D eigenvalue weighted by molar-refractivity contribution is 5.50. The minimum Gasteiger partial charge on any atom is -0.372 e. The van der Waals surface area contributed by atoms with Gasteiger partial charge in [0, 0.05) is 25.8 Å². The number of benzene rings is 1. The lowest BCUT2D eigenvalue weighted by molar-refractivity contribution is 0.0549. The average molecular weight is 248 g/mol. The Morgan fingerprint density at radius 1 is 1.17 bits per heavy atom. The first-order valence-corrected chi connectivity index (χ1v) is 6.73. The van der Waals surface area contributed by atoms with Crippen LogP contribution in [0.4, 0.5) is 5.69 Å². The van der Waals surface area contributed by atoms with Gasteiger partial charge in [-0.25, -0.2) is 0 Å². The molecular weight excluding hydrogens is 224 g/mol. The molecule has 3 heteroatoms. The Labute approximate surface area is 110 Å². The van der Waals surface area contributed by atoms with Gasteiger partial charge >= 0.3 is 0 Å². The van der Waals surface area contributed by atoms with Gasteiger partial charge < -0.3 is 15.4 Å². The van der Waals surface area contributed by atoms with Crippen LogP contribution in [-0.4, -0.2) is 32.3 Å². The number of likely N-dealkylation sites (N-methyl/N-ethyl adjacent to an activating group) is 1. The summed E-state index contributed by atoms with van der Waals surface area (Å²) in [5.41, 5.74) is 9.53. The predicted octanol–water partition coefficient (Wildman–Crippen LogP) is 2.25. The fourth-order valence-electron chi connectivity index (χ4n) is 2.67. The highest BCUT2D eigenvalue weighted by Gasteiger charge is 2.25. The first-order valence-electron chi connectivity index (χ1n) is 6.73. The number of rotatable bonds is 4. The standard InChI is InChI=1S/C15H24N2O/c1-11-6-12(2)8-13(7-11)17(3)10-15-5-4-14(9-16)18-15/h6-8,14-15H,4-5,9-10,16H2,1-3H3. The van der Waals surface area contributed by atoms with Crippen LogP contribution >= 0.6 is 0 Å². The number of hydrogen-bond acceptors (Lipinski definition) is 3. The number of nitrogens with zero attached hydrogens (tertiary/aromatic N) is 1. The van der Waals surface area contributed by atoms with Crippen LogP contribution in [0.1, 0.15) is 24.0 Å². The first kappa shape index (κ1) is 13.4. The van der Waals surface area contributed by atoms with E-state index in [2.05, 4.69) is 44.0 Å². The second kappa shape index (κ2) is 5.72. The molecule has 0 aliphatic carbocycles. The molecular formula is C15H24N2O. The third-order valence-electron chi connectivity index (χ3n) is 3.58. The Hall–Kier alpha value is -1.06. The summed E-state index contributed by atoms with van der Waals surface area (Å²) in [6.45, 7) is 5.87. The van der Waals surface area contributed by atoms with Crippen molar-refractivity contribution in [1.29, 1.82) is 0 Å². The minimum atomic E-state index is 0.266. The zero-order valence-electron chi connectivity index (χ0n) is 11.6. The fourth-order valence-corrected chi connectivity index (χ4v) is 2.67. The normalized spacial score (nSPS) is 23.3. The topological polar surface area (TPSA) is 38.5 Å². The lowest BCUT2D eigenvalue weighted by Crippen LogP contribution is -2.30. The molecule has 0 saturated carbocycles. The molecule has 1 fully saturated rings. The van der Waals surface area contributed by atoms with Crippen LogP contribution < -0.4 is 10.6 Å². The van der Waals surface area contributed by atoms with Crippen molar-refractivity contribution in [3.8, 4) is 0 Å². The maximum absolute atomic E-state index is 5.90. The smallest absolute Gasteiger partial charge is 0.0755 e. The number of aryl methyl sites for hydroxylation is 2. The van der Waals surface area contributed by atoms with Gasteiger partial charge in [-0.05, 0) is 49.9 Å².